The summed E-state index contributed by atoms with van der Waals surface area (Å²) in [7, 11) is 0. The van der Waals surface area contributed by atoms with Crippen LogP contribution in [0.1, 0.15) is 6.92 Å². The molecule has 4 nitrogen and oxygen atoms in total. The van der Waals surface area contributed by atoms with Gasteiger partial charge < -0.3 is 19.5 Å². The Morgan fingerprint density at radius 2 is 1.50 bits per heavy atom. The Kier molecular flexibility index (Phi) is 7.44. The van der Waals surface area contributed by atoms with E-state index >= 15 is 0 Å². The van der Waals surface area contributed by atoms with Gasteiger partial charge in [0.2, 0.25) is 0 Å². The summed E-state index contributed by atoms with van der Waals surface area (Å²) in [6.07, 6.45) is -0.0382. The number of ether oxygens (including phenoxy) is 3. The first kappa shape index (κ1) is 19.9. The first-order valence-corrected chi connectivity index (χ1v) is 9.64. The van der Waals surface area contributed by atoms with Crippen molar-refractivity contribution in [3.05, 3.63) is 83.9 Å². The number of hydrogen-bond donors (Lipinski definition) is 1. The van der Waals surface area contributed by atoms with Gasteiger partial charge in [0, 0.05) is 11.8 Å². The van der Waals surface area contributed by atoms with Gasteiger partial charge in [-0.2, -0.15) is 0 Å². The van der Waals surface area contributed by atoms with Crippen LogP contribution in [0.4, 0.5) is 5.69 Å². The molecule has 0 saturated carbocycles. The molecule has 3 rings (SSSR count). The second-order valence-corrected chi connectivity index (χ2v) is 6.68. The maximum atomic E-state index is 6.13. The average Bonchev–Trinajstić information content (AvgIpc) is 2.73. The highest BCUT2D eigenvalue weighted by Crippen LogP contribution is 2.24. The maximum absolute atomic E-state index is 6.13. The van der Waals surface area contributed by atoms with Crippen LogP contribution in [0.25, 0.3) is 0 Å². The molecular formula is C23H24ClNO3. The van der Waals surface area contributed by atoms with Crippen molar-refractivity contribution in [3.8, 4) is 17.2 Å². The molecule has 0 aliphatic rings. The fraction of sp³-hybridized carbons (Fsp3) is 0.217. The lowest BCUT2D eigenvalue weighted by Crippen LogP contribution is -2.22. The van der Waals surface area contributed by atoms with Crippen LogP contribution < -0.4 is 19.5 Å². The quantitative estimate of drug-likeness (QED) is 0.447. The molecule has 0 bridgehead atoms. The highest BCUT2D eigenvalue weighted by atomic mass is 35.5. The second kappa shape index (κ2) is 10.5. The molecule has 0 spiro atoms. The predicted octanol–water partition coefficient (Wildman–Crippen LogP) is 5.68. The number of benzene rings is 3. The van der Waals surface area contributed by atoms with Crippen LogP contribution in [-0.4, -0.2) is 25.9 Å². The van der Waals surface area contributed by atoms with E-state index < -0.39 is 0 Å². The van der Waals surface area contributed by atoms with Gasteiger partial charge in [-0.05, 0) is 43.3 Å². The van der Waals surface area contributed by atoms with Crippen molar-refractivity contribution < 1.29 is 14.2 Å². The molecule has 28 heavy (non-hydrogen) atoms. The minimum absolute atomic E-state index is 0.0382. The summed E-state index contributed by atoms with van der Waals surface area (Å²) in [5, 5.41) is 3.97. The summed E-state index contributed by atoms with van der Waals surface area (Å²) in [5.74, 6) is 2.32. The molecule has 3 aromatic carbocycles. The van der Waals surface area contributed by atoms with Gasteiger partial charge in [-0.3, -0.25) is 0 Å². The Bertz CT molecular complexity index is 857. The van der Waals surface area contributed by atoms with Crippen LogP contribution in [0.15, 0.2) is 78.9 Å². The Morgan fingerprint density at radius 1 is 0.821 bits per heavy atom. The monoisotopic (exact) mass is 397 g/mol. The Balaban J connectivity index is 1.42. The molecule has 0 unspecified atom stereocenters. The van der Waals surface area contributed by atoms with Gasteiger partial charge in [0.25, 0.3) is 0 Å². The lowest BCUT2D eigenvalue weighted by atomic mass is 10.3. The lowest BCUT2D eigenvalue weighted by Gasteiger charge is -2.17. The Hall–Kier alpha value is -2.85. The SMILES string of the molecule is C[C@H](CNc1cccc(OCCOc2ccccc2)c1)Oc1ccccc1Cl. The van der Waals surface area contributed by atoms with E-state index in [0.717, 1.165) is 17.2 Å². The molecule has 5 heteroatoms. The van der Waals surface area contributed by atoms with Gasteiger partial charge in [0.05, 0.1) is 11.6 Å². The van der Waals surface area contributed by atoms with Crippen molar-refractivity contribution in [2.75, 3.05) is 25.1 Å². The van der Waals surface area contributed by atoms with E-state index in [9.17, 15) is 0 Å². The lowest BCUT2D eigenvalue weighted by molar-refractivity contribution is 0.217. The highest BCUT2D eigenvalue weighted by Gasteiger charge is 2.07. The van der Waals surface area contributed by atoms with Crippen LogP contribution in [-0.2, 0) is 0 Å². The van der Waals surface area contributed by atoms with E-state index in [1.165, 1.54) is 0 Å². The number of hydrogen-bond acceptors (Lipinski definition) is 4. The number of nitrogens with one attached hydrogen (secondary N) is 1. The van der Waals surface area contributed by atoms with E-state index in [1.807, 2.05) is 85.8 Å². The third kappa shape index (κ3) is 6.39. The molecule has 0 heterocycles. The first-order chi connectivity index (χ1) is 13.7. The molecular weight excluding hydrogens is 374 g/mol. The van der Waals surface area contributed by atoms with Gasteiger partial charge in [-0.25, -0.2) is 0 Å². The molecule has 0 fully saturated rings. The van der Waals surface area contributed by atoms with Gasteiger partial charge >= 0.3 is 0 Å². The molecule has 0 radical (unpaired) electrons. The van der Waals surface area contributed by atoms with Gasteiger partial charge in [-0.15, -0.1) is 0 Å². The van der Waals surface area contributed by atoms with E-state index in [2.05, 4.69) is 5.32 Å². The fourth-order valence-corrected chi connectivity index (χ4v) is 2.77. The summed E-state index contributed by atoms with van der Waals surface area (Å²) < 4.78 is 17.3. The maximum Gasteiger partial charge on any atom is 0.138 e. The Labute approximate surface area is 171 Å². The van der Waals surface area contributed by atoms with E-state index in [0.29, 0.717) is 30.5 Å². The largest absolute Gasteiger partial charge is 0.490 e. The van der Waals surface area contributed by atoms with Crippen molar-refractivity contribution >= 4 is 17.3 Å². The zero-order valence-electron chi connectivity index (χ0n) is 15.8. The fourth-order valence-electron chi connectivity index (χ4n) is 2.59. The van der Waals surface area contributed by atoms with Crippen molar-refractivity contribution in [1.82, 2.24) is 0 Å². The molecule has 1 N–H and O–H groups in total. The minimum Gasteiger partial charge on any atom is -0.490 e. The molecule has 0 amide bonds. The molecule has 0 saturated heterocycles. The van der Waals surface area contributed by atoms with Crippen molar-refractivity contribution in [3.63, 3.8) is 0 Å². The third-order valence-corrected chi connectivity index (χ3v) is 4.27. The van der Waals surface area contributed by atoms with Crippen molar-refractivity contribution in [2.45, 2.75) is 13.0 Å². The van der Waals surface area contributed by atoms with Gasteiger partial charge in [0.15, 0.2) is 0 Å². The number of para-hydroxylation sites is 2. The molecule has 0 aliphatic heterocycles. The van der Waals surface area contributed by atoms with Crippen LogP contribution in [0, 0.1) is 0 Å². The summed E-state index contributed by atoms with van der Waals surface area (Å²) in [6.45, 7) is 3.61. The smallest absolute Gasteiger partial charge is 0.138 e. The van der Waals surface area contributed by atoms with Crippen LogP contribution in [0.2, 0.25) is 5.02 Å². The molecule has 1 atom stereocenters. The van der Waals surface area contributed by atoms with E-state index in [-0.39, 0.29) is 6.10 Å². The number of anilines is 1. The Morgan fingerprint density at radius 3 is 2.29 bits per heavy atom. The third-order valence-electron chi connectivity index (χ3n) is 3.96. The summed E-state index contributed by atoms with van der Waals surface area (Å²) in [5.41, 5.74) is 0.969. The van der Waals surface area contributed by atoms with E-state index in [4.69, 9.17) is 25.8 Å². The zero-order chi connectivity index (χ0) is 19.6. The molecule has 3 aromatic rings. The van der Waals surface area contributed by atoms with Gasteiger partial charge in [0.1, 0.15) is 36.6 Å². The van der Waals surface area contributed by atoms with Gasteiger partial charge in [-0.1, -0.05) is 48.0 Å². The van der Waals surface area contributed by atoms with Crippen LogP contribution in [0.3, 0.4) is 0 Å². The molecule has 0 aliphatic carbocycles. The summed E-state index contributed by atoms with van der Waals surface area (Å²) in [6, 6.07) is 25.0. The standard InChI is InChI=1S/C23H24ClNO3/c1-18(28-23-13-6-5-12-22(23)24)17-25-19-8-7-11-21(16-19)27-15-14-26-20-9-3-2-4-10-20/h2-13,16,18,25H,14-15,17H2,1H3/t18-/m1/s1. The van der Waals surface area contributed by atoms with Crippen LogP contribution in [0.5, 0.6) is 17.2 Å². The second-order valence-electron chi connectivity index (χ2n) is 6.28. The average molecular weight is 398 g/mol. The van der Waals surface area contributed by atoms with Crippen molar-refractivity contribution in [2.24, 2.45) is 0 Å². The summed E-state index contributed by atoms with van der Waals surface area (Å²) in [4.78, 5) is 0. The number of halogens is 1. The topological polar surface area (TPSA) is 39.7 Å². The molecule has 146 valence electrons. The normalized spacial score (nSPS) is 11.5. The summed E-state index contributed by atoms with van der Waals surface area (Å²) >= 11 is 6.13. The number of rotatable bonds is 10. The van der Waals surface area contributed by atoms with Crippen molar-refractivity contribution in [1.29, 1.82) is 0 Å². The minimum atomic E-state index is -0.0382. The molecule has 0 aromatic heterocycles. The van der Waals surface area contributed by atoms with E-state index in [1.54, 1.807) is 0 Å². The first-order valence-electron chi connectivity index (χ1n) is 9.26. The predicted molar refractivity (Wildman–Crippen MR) is 114 cm³/mol. The highest BCUT2D eigenvalue weighted by molar-refractivity contribution is 6.32. The zero-order valence-corrected chi connectivity index (χ0v) is 16.6. The van der Waals surface area contributed by atoms with Crippen LogP contribution >= 0.6 is 11.6 Å².